The van der Waals surface area contributed by atoms with Crippen molar-refractivity contribution in [1.29, 1.82) is 0 Å². The molecule has 1 heterocycles. The molecule has 12 heavy (non-hydrogen) atoms. The number of hydrogen-bond donors (Lipinski definition) is 1. The fourth-order valence-corrected chi connectivity index (χ4v) is 2.41. The third-order valence-electron chi connectivity index (χ3n) is 1.37. The molecule has 2 nitrogen and oxygen atoms in total. The third kappa shape index (κ3) is 3.03. The van der Waals surface area contributed by atoms with Crippen LogP contribution in [0.2, 0.25) is 0 Å². The Hall–Kier alpha value is -0.220. The van der Waals surface area contributed by atoms with Crippen molar-refractivity contribution in [3.8, 4) is 0 Å². The van der Waals surface area contributed by atoms with Crippen LogP contribution in [-0.4, -0.2) is 17.8 Å². The van der Waals surface area contributed by atoms with E-state index in [1.165, 1.54) is 4.88 Å². The molecule has 0 spiro atoms. The van der Waals surface area contributed by atoms with E-state index in [2.05, 4.69) is 23.5 Å². The van der Waals surface area contributed by atoms with E-state index in [1.807, 2.05) is 18.0 Å². The summed E-state index contributed by atoms with van der Waals surface area (Å²) in [5.41, 5.74) is 0. The molecule has 1 aromatic rings. The van der Waals surface area contributed by atoms with Gasteiger partial charge in [0.1, 0.15) is 0 Å². The molecule has 0 fully saturated rings. The van der Waals surface area contributed by atoms with Gasteiger partial charge in [-0.3, -0.25) is 0 Å². The lowest BCUT2D eigenvalue weighted by Gasteiger charge is -1.96. The zero-order chi connectivity index (χ0) is 8.81. The highest BCUT2D eigenvalue weighted by atomic mass is 32.2. The first-order chi connectivity index (χ1) is 5.86. The summed E-state index contributed by atoms with van der Waals surface area (Å²) in [6.07, 6.45) is 5.22. The van der Waals surface area contributed by atoms with Crippen LogP contribution in [-0.2, 0) is 5.75 Å². The molecular formula is C8H14N2S2. The maximum Gasteiger partial charge on any atom is 0.182 e. The third-order valence-corrected chi connectivity index (χ3v) is 3.10. The molecule has 0 unspecified atom stereocenters. The second kappa shape index (κ2) is 5.43. The minimum atomic E-state index is 1.02. The fraction of sp³-hybridized carbons (Fsp3) is 0.625. The Morgan fingerprint density at radius 1 is 1.67 bits per heavy atom. The van der Waals surface area contributed by atoms with Crippen LogP contribution in [0.5, 0.6) is 0 Å². The molecule has 0 aromatic carbocycles. The molecule has 1 rings (SSSR count). The Labute approximate surface area is 81.8 Å². The Balaban J connectivity index is 2.41. The van der Waals surface area contributed by atoms with Gasteiger partial charge >= 0.3 is 0 Å². The SMILES string of the molecule is CCCNc1ncc(CSC)s1. The van der Waals surface area contributed by atoms with Gasteiger partial charge in [-0.05, 0) is 12.7 Å². The van der Waals surface area contributed by atoms with Gasteiger partial charge in [-0.15, -0.1) is 11.3 Å². The summed E-state index contributed by atoms with van der Waals surface area (Å²) < 4.78 is 0. The zero-order valence-corrected chi connectivity index (χ0v) is 9.10. The molecule has 0 amide bonds. The number of hydrogen-bond acceptors (Lipinski definition) is 4. The molecular weight excluding hydrogens is 188 g/mol. The van der Waals surface area contributed by atoms with Crippen molar-refractivity contribution in [3.05, 3.63) is 11.1 Å². The fourth-order valence-electron chi connectivity index (χ4n) is 0.830. The van der Waals surface area contributed by atoms with Crippen molar-refractivity contribution in [1.82, 2.24) is 4.98 Å². The minimum Gasteiger partial charge on any atom is -0.362 e. The predicted octanol–water partition coefficient (Wildman–Crippen LogP) is 2.83. The van der Waals surface area contributed by atoms with Crippen molar-refractivity contribution in [3.63, 3.8) is 0 Å². The summed E-state index contributed by atoms with van der Waals surface area (Å²) in [6.45, 7) is 3.18. The van der Waals surface area contributed by atoms with Gasteiger partial charge in [0.2, 0.25) is 0 Å². The van der Waals surface area contributed by atoms with E-state index in [9.17, 15) is 0 Å². The molecule has 0 bridgehead atoms. The van der Waals surface area contributed by atoms with E-state index in [0.717, 1.165) is 23.8 Å². The van der Waals surface area contributed by atoms with Crippen molar-refractivity contribution in [2.24, 2.45) is 0 Å². The van der Waals surface area contributed by atoms with Crippen LogP contribution in [0.25, 0.3) is 0 Å². The molecule has 0 aliphatic rings. The molecule has 0 saturated carbocycles. The lowest BCUT2D eigenvalue weighted by molar-refractivity contribution is 0.976. The van der Waals surface area contributed by atoms with Crippen molar-refractivity contribution >= 4 is 28.2 Å². The van der Waals surface area contributed by atoms with Crippen molar-refractivity contribution < 1.29 is 0 Å². The predicted molar refractivity (Wildman–Crippen MR) is 58.1 cm³/mol. The van der Waals surface area contributed by atoms with E-state index in [1.54, 1.807) is 11.3 Å². The van der Waals surface area contributed by atoms with E-state index in [-0.39, 0.29) is 0 Å². The van der Waals surface area contributed by atoms with Crippen LogP contribution in [0.4, 0.5) is 5.13 Å². The number of thiazole rings is 1. The van der Waals surface area contributed by atoms with Crippen LogP contribution >= 0.6 is 23.1 Å². The molecule has 1 N–H and O–H groups in total. The van der Waals surface area contributed by atoms with Gasteiger partial charge in [0.05, 0.1) is 0 Å². The molecule has 68 valence electrons. The first kappa shape index (κ1) is 9.86. The number of rotatable bonds is 5. The summed E-state index contributed by atoms with van der Waals surface area (Å²) in [7, 11) is 0. The zero-order valence-electron chi connectivity index (χ0n) is 7.46. The smallest absolute Gasteiger partial charge is 0.182 e. The van der Waals surface area contributed by atoms with E-state index in [0.29, 0.717) is 0 Å². The molecule has 4 heteroatoms. The Kier molecular flexibility index (Phi) is 4.46. The second-order valence-electron chi connectivity index (χ2n) is 2.49. The van der Waals surface area contributed by atoms with Gasteiger partial charge in [-0.25, -0.2) is 4.98 Å². The van der Waals surface area contributed by atoms with Crippen molar-refractivity contribution in [2.75, 3.05) is 18.1 Å². The average molecular weight is 202 g/mol. The van der Waals surface area contributed by atoms with Crippen LogP contribution in [0.3, 0.4) is 0 Å². The largest absolute Gasteiger partial charge is 0.362 e. The molecule has 0 aliphatic carbocycles. The Morgan fingerprint density at radius 2 is 2.50 bits per heavy atom. The van der Waals surface area contributed by atoms with Gasteiger partial charge < -0.3 is 5.32 Å². The van der Waals surface area contributed by atoms with Crippen LogP contribution < -0.4 is 5.32 Å². The Morgan fingerprint density at radius 3 is 3.17 bits per heavy atom. The quantitative estimate of drug-likeness (QED) is 0.794. The topological polar surface area (TPSA) is 24.9 Å². The monoisotopic (exact) mass is 202 g/mol. The van der Waals surface area contributed by atoms with Crippen LogP contribution in [0, 0.1) is 0 Å². The van der Waals surface area contributed by atoms with E-state index >= 15 is 0 Å². The molecule has 0 radical (unpaired) electrons. The van der Waals surface area contributed by atoms with Gasteiger partial charge in [0, 0.05) is 23.4 Å². The Bertz CT molecular complexity index is 223. The molecule has 1 aromatic heterocycles. The van der Waals surface area contributed by atoms with E-state index in [4.69, 9.17) is 0 Å². The second-order valence-corrected chi connectivity index (χ2v) is 4.47. The summed E-state index contributed by atoms with van der Waals surface area (Å²) in [6, 6.07) is 0. The van der Waals surface area contributed by atoms with Gasteiger partial charge in [-0.1, -0.05) is 6.92 Å². The normalized spacial score (nSPS) is 10.2. The summed E-state index contributed by atoms with van der Waals surface area (Å²) >= 11 is 3.59. The van der Waals surface area contributed by atoms with Gasteiger partial charge in [-0.2, -0.15) is 11.8 Å². The number of aromatic nitrogens is 1. The standard InChI is InChI=1S/C8H14N2S2/c1-3-4-9-8-10-5-7(12-8)6-11-2/h5H,3-4,6H2,1-2H3,(H,9,10). The highest BCUT2D eigenvalue weighted by Crippen LogP contribution is 2.21. The highest BCUT2D eigenvalue weighted by Gasteiger charge is 1.98. The van der Waals surface area contributed by atoms with E-state index < -0.39 is 0 Å². The number of thioether (sulfide) groups is 1. The minimum absolute atomic E-state index is 1.02. The lowest BCUT2D eigenvalue weighted by Crippen LogP contribution is -1.97. The summed E-state index contributed by atoms with van der Waals surface area (Å²) in [4.78, 5) is 5.61. The van der Waals surface area contributed by atoms with Crippen LogP contribution in [0.1, 0.15) is 18.2 Å². The number of nitrogens with one attached hydrogen (secondary N) is 1. The maximum atomic E-state index is 4.27. The molecule has 0 saturated heterocycles. The lowest BCUT2D eigenvalue weighted by atomic mass is 10.5. The first-order valence-electron chi connectivity index (χ1n) is 4.04. The van der Waals surface area contributed by atoms with Crippen LogP contribution in [0.15, 0.2) is 6.20 Å². The summed E-state index contributed by atoms with van der Waals surface area (Å²) in [5, 5.41) is 4.33. The number of anilines is 1. The molecule has 0 aliphatic heterocycles. The van der Waals surface area contributed by atoms with Gasteiger partial charge in [0.25, 0.3) is 0 Å². The summed E-state index contributed by atoms with van der Waals surface area (Å²) in [5.74, 6) is 1.07. The highest BCUT2D eigenvalue weighted by molar-refractivity contribution is 7.97. The van der Waals surface area contributed by atoms with Gasteiger partial charge in [0.15, 0.2) is 5.13 Å². The maximum absolute atomic E-state index is 4.27. The van der Waals surface area contributed by atoms with Crippen molar-refractivity contribution in [2.45, 2.75) is 19.1 Å². The number of nitrogens with zero attached hydrogens (tertiary/aromatic N) is 1. The first-order valence-corrected chi connectivity index (χ1v) is 6.25. The molecule has 0 atom stereocenters. The average Bonchev–Trinajstić information content (AvgIpc) is 2.50.